The molecule has 0 spiro atoms. The third-order valence-electron chi connectivity index (χ3n) is 2.10. The molecular formula is C9H6IN5O4S. The van der Waals surface area contributed by atoms with Crippen LogP contribution < -0.4 is 0 Å². The van der Waals surface area contributed by atoms with E-state index in [-0.39, 0.29) is 10.8 Å². The molecule has 0 atom stereocenters. The van der Waals surface area contributed by atoms with E-state index < -0.39 is 17.4 Å². The summed E-state index contributed by atoms with van der Waals surface area (Å²) in [7, 11) is 0. The summed E-state index contributed by atoms with van der Waals surface area (Å²) in [6.07, 6.45) is 0. The minimum absolute atomic E-state index is 0.0771. The van der Waals surface area contributed by atoms with Crippen LogP contribution in [-0.2, 0) is 11.3 Å². The highest BCUT2D eigenvalue weighted by Crippen LogP contribution is 2.34. The van der Waals surface area contributed by atoms with Crippen LogP contribution in [0, 0.1) is 13.7 Å². The van der Waals surface area contributed by atoms with Gasteiger partial charge in [0, 0.05) is 9.64 Å². The van der Waals surface area contributed by atoms with Crippen LogP contribution >= 0.6 is 34.4 Å². The van der Waals surface area contributed by atoms with Gasteiger partial charge in [0.25, 0.3) is 5.69 Å². The van der Waals surface area contributed by atoms with E-state index in [1.54, 1.807) is 12.1 Å². The van der Waals surface area contributed by atoms with Crippen LogP contribution in [0.5, 0.6) is 0 Å². The molecule has 0 fully saturated rings. The van der Waals surface area contributed by atoms with Crippen molar-refractivity contribution in [1.82, 2.24) is 20.2 Å². The Bertz CT molecular complexity index is 676. The van der Waals surface area contributed by atoms with Crippen molar-refractivity contribution in [2.75, 3.05) is 0 Å². The van der Waals surface area contributed by atoms with Crippen LogP contribution in [0.3, 0.4) is 0 Å². The third-order valence-corrected chi connectivity index (χ3v) is 3.81. The molecule has 2 rings (SSSR count). The SMILES string of the molecule is O=C(O)Cn1nnnc1Sc1ccc(I)cc1[N+](=O)[O-]. The first-order chi connectivity index (χ1) is 9.47. The Labute approximate surface area is 129 Å². The fraction of sp³-hybridized carbons (Fsp3) is 0.111. The number of nitrogens with zero attached hydrogens (tertiary/aromatic N) is 5. The van der Waals surface area contributed by atoms with Crippen molar-refractivity contribution < 1.29 is 14.8 Å². The Balaban J connectivity index is 2.33. The summed E-state index contributed by atoms with van der Waals surface area (Å²) in [5.41, 5.74) is -0.0771. The largest absolute Gasteiger partial charge is 0.480 e. The number of nitro groups is 1. The molecule has 104 valence electrons. The third kappa shape index (κ3) is 3.41. The molecule has 0 saturated heterocycles. The maximum absolute atomic E-state index is 11.0. The number of carboxylic acids is 1. The Morgan fingerprint density at radius 3 is 2.95 bits per heavy atom. The molecule has 0 unspecified atom stereocenters. The summed E-state index contributed by atoms with van der Waals surface area (Å²) in [5, 5.41) is 30.5. The highest BCUT2D eigenvalue weighted by molar-refractivity contribution is 14.1. The fourth-order valence-electron chi connectivity index (χ4n) is 1.31. The predicted octanol–water partition coefficient (Wildman–Crippen LogP) is 1.42. The van der Waals surface area contributed by atoms with Gasteiger partial charge in [0.1, 0.15) is 6.54 Å². The number of aliphatic carboxylic acids is 1. The van der Waals surface area contributed by atoms with Crippen LogP contribution in [0.25, 0.3) is 0 Å². The minimum atomic E-state index is -1.10. The number of aromatic nitrogens is 4. The number of hydrogen-bond donors (Lipinski definition) is 1. The van der Waals surface area contributed by atoms with Gasteiger partial charge in [-0.3, -0.25) is 14.9 Å². The van der Waals surface area contributed by atoms with Crippen molar-refractivity contribution in [2.24, 2.45) is 0 Å². The monoisotopic (exact) mass is 407 g/mol. The van der Waals surface area contributed by atoms with Crippen LogP contribution in [0.2, 0.25) is 0 Å². The maximum atomic E-state index is 11.0. The summed E-state index contributed by atoms with van der Waals surface area (Å²) in [6.45, 7) is -0.409. The second-order valence-electron chi connectivity index (χ2n) is 3.48. The molecule has 9 nitrogen and oxygen atoms in total. The lowest BCUT2D eigenvalue weighted by molar-refractivity contribution is -0.387. The van der Waals surface area contributed by atoms with Crippen molar-refractivity contribution in [3.63, 3.8) is 0 Å². The Kier molecular flexibility index (Phi) is 4.49. The van der Waals surface area contributed by atoms with Gasteiger partial charge < -0.3 is 5.11 Å². The van der Waals surface area contributed by atoms with Crippen molar-refractivity contribution in [3.05, 3.63) is 31.9 Å². The van der Waals surface area contributed by atoms with E-state index in [1.165, 1.54) is 6.07 Å². The van der Waals surface area contributed by atoms with E-state index in [4.69, 9.17) is 5.11 Å². The number of rotatable bonds is 5. The number of benzene rings is 1. The number of halogens is 1. The van der Waals surface area contributed by atoms with Gasteiger partial charge in [-0.15, -0.1) is 5.10 Å². The lowest BCUT2D eigenvalue weighted by Gasteiger charge is -2.03. The predicted molar refractivity (Wildman–Crippen MR) is 75.4 cm³/mol. The van der Waals surface area contributed by atoms with Crippen LogP contribution in [0.1, 0.15) is 0 Å². The molecule has 1 aromatic carbocycles. The zero-order valence-electron chi connectivity index (χ0n) is 9.63. The van der Waals surface area contributed by atoms with Crippen LogP contribution in [-0.4, -0.2) is 36.2 Å². The molecule has 1 heterocycles. The van der Waals surface area contributed by atoms with E-state index in [2.05, 4.69) is 15.5 Å². The number of carboxylic acid groups (broad SMARTS) is 1. The molecule has 11 heteroatoms. The number of hydrogen-bond acceptors (Lipinski definition) is 7. The molecule has 0 radical (unpaired) electrons. The summed E-state index contributed by atoms with van der Waals surface area (Å²) in [5.74, 6) is -1.10. The van der Waals surface area contributed by atoms with Gasteiger partial charge >= 0.3 is 5.97 Å². The molecule has 0 amide bonds. The van der Waals surface area contributed by atoms with Crippen molar-refractivity contribution in [2.45, 2.75) is 16.6 Å². The molecule has 0 aliphatic heterocycles. The fourth-order valence-corrected chi connectivity index (χ4v) is 2.64. The summed E-state index contributed by atoms with van der Waals surface area (Å²) in [6, 6.07) is 4.71. The Hall–Kier alpha value is -1.76. The molecule has 0 aliphatic carbocycles. The summed E-state index contributed by atoms with van der Waals surface area (Å²) >= 11 is 2.92. The average Bonchev–Trinajstić information content (AvgIpc) is 2.78. The molecule has 1 aromatic heterocycles. The zero-order chi connectivity index (χ0) is 14.7. The summed E-state index contributed by atoms with van der Waals surface area (Å²) < 4.78 is 1.79. The molecule has 0 bridgehead atoms. The van der Waals surface area contributed by atoms with E-state index >= 15 is 0 Å². The normalized spacial score (nSPS) is 10.4. The number of tetrazole rings is 1. The van der Waals surface area contributed by atoms with Gasteiger partial charge in [-0.1, -0.05) is 0 Å². The van der Waals surface area contributed by atoms with E-state index in [1.807, 2.05) is 22.6 Å². The topological polar surface area (TPSA) is 124 Å². The lowest BCUT2D eigenvalue weighted by Crippen LogP contribution is -2.11. The Morgan fingerprint density at radius 1 is 1.55 bits per heavy atom. The van der Waals surface area contributed by atoms with Gasteiger partial charge in [0.2, 0.25) is 5.16 Å². The highest BCUT2D eigenvalue weighted by atomic mass is 127. The van der Waals surface area contributed by atoms with Gasteiger partial charge in [-0.05, 0) is 56.9 Å². The first-order valence-corrected chi connectivity index (χ1v) is 6.96. The Morgan fingerprint density at radius 2 is 2.30 bits per heavy atom. The van der Waals surface area contributed by atoms with E-state index in [0.29, 0.717) is 4.90 Å². The second kappa shape index (κ2) is 6.13. The van der Waals surface area contributed by atoms with Crippen LogP contribution in [0.4, 0.5) is 5.69 Å². The van der Waals surface area contributed by atoms with Gasteiger partial charge in [-0.2, -0.15) is 0 Å². The van der Waals surface area contributed by atoms with Crippen LogP contribution in [0.15, 0.2) is 28.3 Å². The zero-order valence-corrected chi connectivity index (χ0v) is 12.6. The van der Waals surface area contributed by atoms with Crippen molar-refractivity contribution >= 4 is 46.0 Å². The van der Waals surface area contributed by atoms with E-state index in [9.17, 15) is 14.9 Å². The smallest absolute Gasteiger partial charge is 0.325 e. The first kappa shape index (κ1) is 14.6. The molecule has 0 aliphatic rings. The van der Waals surface area contributed by atoms with Crippen molar-refractivity contribution in [3.8, 4) is 0 Å². The molecule has 20 heavy (non-hydrogen) atoms. The number of carbonyl (C=O) groups is 1. The maximum Gasteiger partial charge on any atom is 0.325 e. The minimum Gasteiger partial charge on any atom is -0.480 e. The van der Waals surface area contributed by atoms with Gasteiger partial charge in [0.15, 0.2) is 0 Å². The lowest BCUT2D eigenvalue weighted by atomic mass is 10.3. The number of nitro benzene ring substituents is 1. The van der Waals surface area contributed by atoms with Crippen molar-refractivity contribution in [1.29, 1.82) is 0 Å². The second-order valence-corrected chi connectivity index (χ2v) is 5.74. The molecule has 1 N–H and O–H groups in total. The highest BCUT2D eigenvalue weighted by Gasteiger charge is 2.19. The van der Waals surface area contributed by atoms with Gasteiger partial charge in [-0.25, -0.2) is 4.68 Å². The van der Waals surface area contributed by atoms with E-state index in [0.717, 1.165) is 20.0 Å². The molecule has 2 aromatic rings. The van der Waals surface area contributed by atoms with Gasteiger partial charge in [0.05, 0.1) is 9.82 Å². The quantitative estimate of drug-likeness (QED) is 0.449. The molecule has 0 saturated carbocycles. The first-order valence-electron chi connectivity index (χ1n) is 5.07. The standard InChI is InChI=1S/C9H6IN5O4S/c10-5-1-2-7(6(3-5)15(18)19)20-9-11-12-13-14(9)4-8(16)17/h1-3H,4H2,(H,16,17). The summed E-state index contributed by atoms with van der Waals surface area (Å²) in [4.78, 5) is 21.5. The molecular weight excluding hydrogens is 401 g/mol. The average molecular weight is 407 g/mol.